The molecule has 8 heteroatoms. The number of carbonyl (C=O) groups excluding carboxylic acids is 2. The van der Waals surface area contributed by atoms with Crippen LogP contribution in [0.15, 0.2) is 17.1 Å². The summed E-state index contributed by atoms with van der Waals surface area (Å²) in [5, 5.41) is 6.57. The van der Waals surface area contributed by atoms with Gasteiger partial charge in [0.2, 0.25) is 11.8 Å². The molecule has 2 amide bonds. The zero-order chi connectivity index (χ0) is 19.4. The zero-order valence-electron chi connectivity index (χ0n) is 17.2. The molecule has 1 aliphatic heterocycles. The third kappa shape index (κ3) is 5.06. The van der Waals surface area contributed by atoms with Gasteiger partial charge >= 0.3 is 0 Å². The van der Waals surface area contributed by atoms with Crippen LogP contribution < -0.4 is 10.6 Å². The number of fused-ring (bicyclic) bond motifs is 5. The van der Waals surface area contributed by atoms with E-state index in [1.54, 1.807) is 0 Å². The van der Waals surface area contributed by atoms with Crippen molar-refractivity contribution in [3.63, 3.8) is 0 Å². The van der Waals surface area contributed by atoms with Gasteiger partial charge in [-0.15, -0.1) is 24.0 Å². The highest BCUT2D eigenvalue weighted by molar-refractivity contribution is 14.0. The molecule has 158 valence electrons. The van der Waals surface area contributed by atoms with Crippen LogP contribution in [0.2, 0.25) is 0 Å². The van der Waals surface area contributed by atoms with E-state index in [-0.39, 0.29) is 59.5 Å². The average Bonchev–Trinajstić information content (AvgIpc) is 3.30. The Morgan fingerprint density at radius 2 is 1.79 bits per heavy atom. The highest BCUT2D eigenvalue weighted by Gasteiger charge is 2.58. The predicted molar refractivity (Wildman–Crippen MR) is 122 cm³/mol. The summed E-state index contributed by atoms with van der Waals surface area (Å²) >= 11 is 0. The van der Waals surface area contributed by atoms with Crippen molar-refractivity contribution in [2.75, 3.05) is 46.8 Å². The number of nitrogens with zero attached hydrogens (tertiary/aromatic N) is 3. The number of allylic oxidation sites excluding steroid dienone is 2. The lowest BCUT2D eigenvalue weighted by atomic mass is 9.85. The molecule has 0 aromatic heterocycles. The van der Waals surface area contributed by atoms with Crippen LogP contribution in [0.25, 0.3) is 0 Å². The van der Waals surface area contributed by atoms with E-state index in [0.29, 0.717) is 19.5 Å². The van der Waals surface area contributed by atoms with Crippen molar-refractivity contribution in [2.24, 2.45) is 28.7 Å². The van der Waals surface area contributed by atoms with Crippen LogP contribution in [0.4, 0.5) is 0 Å². The standard InChI is InChI=1S/C20H33N5O2.HI/c1-4-21-20(22-9-5-11-24(2)3)23-10-6-12-25-18(26)16-14-7-8-15(13-14)17(16)19(25)27;/h7-8,14-17H,4-6,9-13H2,1-3H3,(H2,21,22,23);1H. The second kappa shape index (κ2) is 10.6. The van der Waals surface area contributed by atoms with Crippen LogP contribution >= 0.6 is 24.0 Å². The monoisotopic (exact) mass is 503 g/mol. The molecule has 2 aliphatic carbocycles. The number of likely N-dealkylation sites (tertiary alicyclic amines) is 1. The summed E-state index contributed by atoms with van der Waals surface area (Å²) < 4.78 is 0. The number of nitrogens with one attached hydrogen (secondary N) is 2. The van der Waals surface area contributed by atoms with Gasteiger partial charge in [-0.2, -0.15) is 0 Å². The number of guanidine groups is 1. The number of rotatable bonds is 9. The molecule has 3 rings (SSSR count). The van der Waals surface area contributed by atoms with E-state index in [9.17, 15) is 9.59 Å². The molecule has 2 bridgehead atoms. The largest absolute Gasteiger partial charge is 0.357 e. The summed E-state index contributed by atoms with van der Waals surface area (Å²) in [6, 6.07) is 0. The Labute approximate surface area is 185 Å². The molecule has 0 spiro atoms. The van der Waals surface area contributed by atoms with Gasteiger partial charge in [-0.3, -0.25) is 19.5 Å². The normalized spacial score (nSPS) is 28.1. The summed E-state index contributed by atoms with van der Waals surface area (Å²) in [6.45, 7) is 5.83. The molecule has 0 aromatic carbocycles. The van der Waals surface area contributed by atoms with E-state index < -0.39 is 0 Å². The molecule has 2 fully saturated rings. The molecular formula is C20H34IN5O2. The first-order chi connectivity index (χ1) is 13.0. The Hall–Kier alpha value is -1.16. The fourth-order valence-corrected chi connectivity index (χ4v) is 4.55. The van der Waals surface area contributed by atoms with Crippen LogP contribution in [-0.2, 0) is 9.59 Å². The van der Waals surface area contributed by atoms with Crippen molar-refractivity contribution in [3.8, 4) is 0 Å². The van der Waals surface area contributed by atoms with Gasteiger partial charge in [0.25, 0.3) is 0 Å². The van der Waals surface area contributed by atoms with Crippen molar-refractivity contribution in [1.82, 2.24) is 20.4 Å². The van der Waals surface area contributed by atoms with Crippen molar-refractivity contribution in [2.45, 2.75) is 26.2 Å². The maximum absolute atomic E-state index is 12.7. The first-order valence-electron chi connectivity index (χ1n) is 10.2. The zero-order valence-corrected chi connectivity index (χ0v) is 19.5. The van der Waals surface area contributed by atoms with Crippen LogP contribution in [0.5, 0.6) is 0 Å². The predicted octanol–water partition coefficient (Wildman–Crippen LogP) is 1.31. The fraction of sp³-hybridized carbons (Fsp3) is 0.750. The summed E-state index contributed by atoms with van der Waals surface area (Å²) in [5.74, 6) is 1.27. The van der Waals surface area contributed by atoms with Gasteiger partial charge in [-0.05, 0) is 58.7 Å². The summed E-state index contributed by atoms with van der Waals surface area (Å²) in [7, 11) is 4.13. The minimum Gasteiger partial charge on any atom is -0.357 e. The average molecular weight is 503 g/mol. The molecule has 4 atom stereocenters. The Balaban J connectivity index is 0.00000280. The SMILES string of the molecule is CCNC(=NCCCN1C(=O)C2C3C=CC(C3)C2C1=O)NCCCN(C)C.I. The van der Waals surface area contributed by atoms with E-state index in [4.69, 9.17) is 0 Å². The van der Waals surface area contributed by atoms with Crippen LogP contribution in [0, 0.1) is 23.7 Å². The molecule has 28 heavy (non-hydrogen) atoms. The molecule has 4 unspecified atom stereocenters. The summed E-state index contributed by atoms with van der Waals surface area (Å²) in [4.78, 5) is 33.5. The van der Waals surface area contributed by atoms with Crippen LogP contribution in [0.3, 0.4) is 0 Å². The van der Waals surface area contributed by atoms with E-state index in [2.05, 4.69) is 46.8 Å². The number of halogens is 1. The second-order valence-electron chi connectivity index (χ2n) is 8.03. The van der Waals surface area contributed by atoms with E-state index in [1.165, 1.54) is 4.90 Å². The fourth-order valence-electron chi connectivity index (χ4n) is 4.55. The number of imide groups is 1. The molecule has 0 radical (unpaired) electrons. The van der Waals surface area contributed by atoms with Crippen LogP contribution in [0.1, 0.15) is 26.2 Å². The highest BCUT2D eigenvalue weighted by atomic mass is 127. The van der Waals surface area contributed by atoms with Crippen molar-refractivity contribution >= 4 is 41.8 Å². The molecule has 7 nitrogen and oxygen atoms in total. The second-order valence-corrected chi connectivity index (χ2v) is 8.03. The number of hydrogen-bond acceptors (Lipinski definition) is 4. The third-order valence-electron chi connectivity index (χ3n) is 5.79. The molecule has 1 heterocycles. The number of hydrogen-bond donors (Lipinski definition) is 2. The Kier molecular flexibility index (Phi) is 8.73. The van der Waals surface area contributed by atoms with Gasteiger partial charge in [-0.25, -0.2) is 0 Å². The first-order valence-corrected chi connectivity index (χ1v) is 10.2. The third-order valence-corrected chi connectivity index (χ3v) is 5.79. The minimum atomic E-state index is -0.0910. The topological polar surface area (TPSA) is 77.0 Å². The van der Waals surface area contributed by atoms with Gasteiger partial charge in [0.15, 0.2) is 5.96 Å². The number of carbonyl (C=O) groups is 2. The Morgan fingerprint density at radius 3 is 2.36 bits per heavy atom. The number of aliphatic imine (C=N–C) groups is 1. The Morgan fingerprint density at radius 1 is 1.14 bits per heavy atom. The van der Waals surface area contributed by atoms with Gasteiger partial charge in [0.1, 0.15) is 0 Å². The van der Waals surface area contributed by atoms with Gasteiger partial charge < -0.3 is 15.5 Å². The summed E-state index contributed by atoms with van der Waals surface area (Å²) in [6.07, 6.45) is 7.00. The lowest BCUT2D eigenvalue weighted by Gasteiger charge is -2.17. The first kappa shape index (κ1) is 23.1. The molecule has 1 saturated carbocycles. The molecule has 0 aromatic rings. The van der Waals surface area contributed by atoms with E-state index in [0.717, 1.165) is 38.4 Å². The Bertz CT molecular complexity index is 592. The van der Waals surface area contributed by atoms with Crippen molar-refractivity contribution in [3.05, 3.63) is 12.2 Å². The number of amides is 2. The lowest BCUT2D eigenvalue weighted by molar-refractivity contribution is -0.140. The van der Waals surface area contributed by atoms with Crippen LogP contribution in [-0.4, -0.2) is 74.4 Å². The molecule has 2 N–H and O–H groups in total. The molecule has 3 aliphatic rings. The highest BCUT2D eigenvalue weighted by Crippen LogP contribution is 2.52. The van der Waals surface area contributed by atoms with E-state index >= 15 is 0 Å². The minimum absolute atomic E-state index is 0. The smallest absolute Gasteiger partial charge is 0.233 e. The van der Waals surface area contributed by atoms with E-state index in [1.807, 2.05) is 6.92 Å². The maximum atomic E-state index is 12.7. The van der Waals surface area contributed by atoms with Gasteiger partial charge in [0.05, 0.1) is 11.8 Å². The van der Waals surface area contributed by atoms with Crippen molar-refractivity contribution < 1.29 is 9.59 Å². The van der Waals surface area contributed by atoms with Gasteiger partial charge in [0, 0.05) is 26.2 Å². The maximum Gasteiger partial charge on any atom is 0.233 e. The quantitative estimate of drug-likeness (QED) is 0.124. The van der Waals surface area contributed by atoms with Gasteiger partial charge in [-0.1, -0.05) is 12.2 Å². The summed E-state index contributed by atoms with van der Waals surface area (Å²) in [5.41, 5.74) is 0. The molecular weight excluding hydrogens is 469 g/mol. The molecule has 1 saturated heterocycles. The lowest BCUT2D eigenvalue weighted by Crippen LogP contribution is -2.39. The van der Waals surface area contributed by atoms with Crippen molar-refractivity contribution in [1.29, 1.82) is 0 Å².